The topological polar surface area (TPSA) is 48.9 Å². The average Bonchev–Trinajstić information content (AvgIpc) is 3.15. The molecule has 5 nitrogen and oxygen atoms in total. The summed E-state index contributed by atoms with van der Waals surface area (Å²) >= 11 is 0. The molecule has 166 valence electrons. The molecule has 2 aliphatic heterocycles. The van der Waals surface area contributed by atoms with E-state index in [4.69, 9.17) is 0 Å². The van der Waals surface area contributed by atoms with E-state index in [0.29, 0.717) is 17.8 Å². The number of hydrogen-bond donors (Lipinski definition) is 0. The SMILES string of the molecule is CC1(C)[C@H]2CC[C@@]1(C)[C@@H](n1c(=O)n3n(c1=O)[C@H]1C4=C[C@H]3[C@H]3C(=C[C@@H]31)CCCCCC4)C2. The van der Waals surface area contributed by atoms with E-state index in [-0.39, 0.29) is 40.3 Å². The molecule has 0 N–H and O–H groups in total. The van der Waals surface area contributed by atoms with Gasteiger partial charge in [-0.3, -0.25) is 0 Å². The Labute approximate surface area is 183 Å². The summed E-state index contributed by atoms with van der Waals surface area (Å²) in [6.45, 7) is 7.06. The van der Waals surface area contributed by atoms with E-state index in [9.17, 15) is 9.59 Å². The average molecular weight is 422 g/mol. The Bertz CT molecular complexity index is 1160. The van der Waals surface area contributed by atoms with Crippen molar-refractivity contribution in [3.05, 3.63) is 44.3 Å². The van der Waals surface area contributed by atoms with Crippen LogP contribution in [0.5, 0.6) is 0 Å². The molecule has 5 heteroatoms. The van der Waals surface area contributed by atoms with Crippen molar-refractivity contribution in [1.82, 2.24) is 13.9 Å². The minimum Gasteiger partial charge on any atom is -0.246 e. The van der Waals surface area contributed by atoms with Gasteiger partial charge in [-0.25, -0.2) is 23.5 Å². The number of allylic oxidation sites excluding steroid dienone is 4. The van der Waals surface area contributed by atoms with E-state index in [2.05, 4.69) is 32.9 Å². The van der Waals surface area contributed by atoms with Crippen molar-refractivity contribution in [3.8, 4) is 0 Å². The Balaban J connectivity index is 1.39. The van der Waals surface area contributed by atoms with Crippen LogP contribution >= 0.6 is 0 Å². The smallest absolute Gasteiger partial charge is 0.246 e. The van der Waals surface area contributed by atoms with Crippen molar-refractivity contribution in [3.63, 3.8) is 0 Å². The van der Waals surface area contributed by atoms with E-state index in [1.807, 2.05) is 9.36 Å². The van der Waals surface area contributed by atoms with Crippen LogP contribution in [0.4, 0.5) is 0 Å². The van der Waals surface area contributed by atoms with Crippen molar-refractivity contribution in [1.29, 1.82) is 0 Å². The maximum Gasteiger partial charge on any atom is 0.348 e. The first kappa shape index (κ1) is 18.8. The molecule has 8 rings (SSSR count). The molecule has 0 unspecified atom stereocenters. The second-order valence-corrected chi connectivity index (χ2v) is 12.2. The zero-order valence-electron chi connectivity index (χ0n) is 19.1. The highest BCUT2D eigenvalue weighted by Crippen LogP contribution is 2.69. The molecule has 7 aliphatic rings. The maximum atomic E-state index is 14.0. The van der Waals surface area contributed by atoms with E-state index in [1.54, 1.807) is 10.1 Å². The molecule has 0 saturated heterocycles. The van der Waals surface area contributed by atoms with E-state index in [1.165, 1.54) is 44.1 Å². The predicted molar refractivity (Wildman–Crippen MR) is 120 cm³/mol. The van der Waals surface area contributed by atoms with Gasteiger partial charge in [0.15, 0.2) is 0 Å². The quantitative estimate of drug-likeness (QED) is 0.614. The van der Waals surface area contributed by atoms with Crippen molar-refractivity contribution in [2.45, 2.75) is 96.7 Å². The lowest BCUT2D eigenvalue weighted by molar-refractivity contribution is 0.103. The van der Waals surface area contributed by atoms with Crippen molar-refractivity contribution in [2.24, 2.45) is 28.6 Å². The summed E-state index contributed by atoms with van der Waals surface area (Å²) in [4.78, 5) is 27.9. The van der Waals surface area contributed by atoms with E-state index >= 15 is 0 Å². The van der Waals surface area contributed by atoms with Crippen LogP contribution < -0.4 is 11.4 Å². The highest BCUT2D eigenvalue weighted by molar-refractivity contribution is 5.38. The zero-order valence-corrected chi connectivity index (χ0v) is 19.1. The summed E-state index contributed by atoms with van der Waals surface area (Å²) < 4.78 is 5.52. The Kier molecular flexibility index (Phi) is 3.49. The van der Waals surface area contributed by atoms with E-state index in [0.717, 1.165) is 19.3 Å². The fraction of sp³-hybridized carbons (Fsp3) is 0.769. The monoisotopic (exact) mass is 421 g/mol. The standard InChI is InChI=1S/C26H35N3O2/c1-25(2)17-10-11-26(25,3)20(14-17)27-23(30)28-19-13-16-9-7-5-4-6-8-15-12-18(21(15)19)22(16)29(28)24(27)31/h12-13,17-22H,4-11,14H2,1-3H3/t17-,18-,19-,20-,21-,22-,26-/m0/s1. The summed E-state index contributed by atoms with van der Waals surface area (Å²) in [5.74, 6) is 1.47. The zero-order chi connectivity index (χ0) is 21.3. The minimum atomic E-state index is -0.0375. The third-order valence-electron chi connectivity index (χ3n) is 11.1. The molecule has 5 aliphatic carbocycles. The van der Waals surface area contributed by atoms with Crippen molar-refractivity contribution in [2.75, 3.05) is 0 Å². The summed E-state index contributed by atoms with van der Waals surface area (Å²) in [6, 6.07) is 0.153. The molecule has 31 heavy (non-hydrogen) atoms. The molecule has 0 spiro atoms. The third kappa shape index (κ3) is 2.01. The first-order chi connectivity index (χ1) is 14.8. The van der Waals surface area contributed by atoms with Crippen LogP contribution in [-0.2, 0) is 0 Å². The molecule has 0 aromatic carbocycles. The second-order valence-electron chi connectivity index (χ2n) is 12.2. The normalized spacial score (nSPS) is 43.8. The van der Waals surface area contributed by atoms with Gasteiger partial charge in [0.1, 0.15) is 0 Å². The van der Waals surface area contributed by atoms with Crippen LogP contribution in [-0.4, -0.2) is 13.9 Å². The molecule has 6 bridgehead atoms. The van der Waals surface area contributed by atoms with Gasteiger partial charge in [0, 0.05) is 17.9 Å². The highest BCUT2D eigenvalue weighted by atomic mass is 16.2. The van der Waals surface area contributed by atoms with Crippen molar-refractivity contribution >= 4 is 0 Å². The Morgan fingerprint density at radius 2 is 1.61 bits per heavy atom. The van der Waals surface area contributed by atoms with Gasteiger partial charge in [0.05, 0.1) is 12.1 Å². The van der Waals surface area contributed by atoms with Gasteiger partial charge in [-0.15, -0.1) is 0 Å². The number of rotatable bonds is 1. The fourth-order valence-corrected chi connectivity index (χ4v) is 8.86. The summed E-state index contributed by atoms with van der Waals surface area (Å²) in [6.07, 6.45) is 15.5. The number of aromatic nitrogens is 3. The van der Waals surface area contributed by atoms with Crippen molar-refractivity contribution < 1.29 is 0 Å². The molecule has 1 aromatic rings. The molecule has 1 aromatic heterocycles. The van der Waals surface area contributed by atoms with Gasteiger partial charge in [0.25, 0.3) is 0 Å². The lowest BCUT2D eigenvalue weighted by Gasteiger charge is -2.53. The molecule has 2 fully saturated rings. The maximum absolute atomic E-state index is 14.0. The molecule has 0 amide bonds. The summed E-state index contributed by atoms with van der Waals surface area (Å²) in [5, 5.41) is 0. The highest BCUT2D eigenvalue weighted by Gasteiger charge is 2.63. The number of hydrogen-bond acceptors (Lipinski definition) is 2. The second kappa shape index (κ2) is 5.77. The number of fused-ring (bicyclic) bond motifs is 2. The molecular formula is C26H35N3O2. The van der Waals surface area contributed by atoms with E-state index < -0.39 is 0 Å². The molecule has 0 radical (unpaired) electrons. The Morgan fingerprint density at radius 3 is 2.29 bits per heavy atom. The molecule has 3 heterocycles. The van der Waals surface area contributed by atoms with Gasteiger partial charge in [0.2, 0.25) is 0 Å². The molecule has 2 saturated carbocycles. The lowest BCUT2D eigenvalue weighted by Crippen LogP contribution is -2.53. The third-order valence-corrected chi connectivity index (χ3v) is 11.1. The van der Waals surface area contributed by atoms with Crippen LogP contribution in [0.3, 0.4) is 0 Å². The molecular weight excluding hydrogens is 386 g/mol. The van der Waals surface area contributed by atoms with Crippen LogP contribution in [0.25, 0.3) is 0 Å². The van der Waals surface area contributed by atoms with Crippen LogP contribution in [0.15, 0.2) is 32.9 Å². The summed E-state index contributed by atoms with van der Waals surface area (Å²) in [5.41, 5.74) is 3.10. The largest absolute Gasteiger partial charge is 0.348 e. The van der Waals surface area contributed by atoms with Crippen LogP contribution in [0, 0.1) is 28.6 Å². The van der Waals surface area contributed by atoms with Gasteiger partial charge in [-0.2, -0.15) is 0 Å². The molecule has 7 atom stereocenters. The van der Waals surface area contributed by atoms with Crippen LogP contribution in [0.1, 0.15) is 96.7 Å². The van der Waals surface area contributed by atoms with Crippen LogP contribution in [0.2, 0.25) is 0 Å². The van der Waals surface area contributed by atoms with Gasteiger partial charge < -0.3 is 0 Å². The fourth-order valence-electron chi connectivity index (χ4n) is 8.86. The first-order valence-electron chi connectivity index (χ1n) is 12.7. The minimum absolute atomic E-state index is 0.0251. The number of nitrogens with zero attached hydrogens (tertiary/aromatic N) is 3. The van der Waals surface area contributed by atoms with Gasteiger partial charge in [-0.05, 0) is 67.3 Å². The van der Waals surface area contributed by atoms with Gasteiger partial charge in [-0.1, -0.05) is 51.3 Å². The summed E-state index contributed by atoms with van der Waals surface area (Å²) in [7, 11) is 0. The van der Waals surface area contributed by atoms with Gasteiger partial charge >= 0.3 is 11.4 Å². The first-order valence-corrected chi connectivity index (χ1v) is 12.7. The Morgan fingerprint density at radius 1 is 0.903 bits per heavy atom. The lowest BCUT2D eigenvalue weighted by atomic mass is 9.60. The predicted octanol–water partition coefficient (Wildman–Crippen LogP) is 4.76. The Hall–Kier alpha value is -1.78.